The molecule has 2 N–H and O–H groups in total. The Hall–Kier alpha value is -1.06. The second-order valence-corrected chi connectivity index (χ2v) is 3.66. The molecule has 94 valence electrons. The van der Waals surface area contributed by atoms with E-state index < -0.39 is 5.92 Å². The highest BCUT2D eigenvalue weighted by Crippen LogP contribution is 2.12. The molecule has 4 heteroatoms. The van der Waals surface area contributed by atoms with Gasteiger partial charge in [-0.25, -0.2) is 0 Å². The lowest BCUT2D eigenvalue weighted by Gasteiger charge is -2.21. The van der Waals surface area contributed by atoms with Crippen molar-refractivity contribution in [2.45, 2.75) is 52.9 Å². The summed E-state index contributed by atoms with van der Waals surface area (Å²) in [5, 5.41) is 5.27. The van der Waals surface area contributed by atoms with Crippen molar-refractivity contribution in [3.8, 4) is 0 Å². The Morgan fingerprint density at radius 3 is 2.12 bits per heavy atom. The lowest BCUT2D eigenvalue weighted by molar-refractivity contribution is -0.138. The Labute approximate surface area is 98.2 Å². The molecular formula is C12H24N2O2. The SMILES string of the molecule is CC.CCCCCCC1C(=O)NCNC1=O. The number of rotatable bonds is 5. The minimum absolute atomic E-state index is 0.120. The first kappa shape index (κ1) is 14.9. The van der Waals surface area contributed by atoms with Crippen LogP contribution in [0.25, 0.3) is 0 Å². The van der Waals surface area contributed by atoms with Gasteiger partial charge in [-0.2, -0.15) is 0 Å². The van der Waals surface area contributed by atoms with Crippen LogP contribution in [-0.2, 0) is 9.59 Å². The van der Waals surface area contributed by atoms with Crippen molar-refractivity contribution in [1.29, 1.82) is 0 Å². The van der Waals surface area contributed by atoms with Crippen LogP contribution < -0.4 is 10.6 Å². The largest absolute Gasteiger partial charge is 0.338 e. The predicted molar refractivity (Wildman–Crippen MR) is 64.7 cm³/mol. The van der Waals surface area contributed by atoms with Gasteiger partial charge >= 0.3 is 0 Å². The summed E-state index contributed by atoms with van der Waals surface area (Å²) in [5.74, 6) is -0.698. The van der Waals surface area contributed by atoms with Gasteiger partial charge in [-0.3, -0.25) is 9.59 Å². The Morgan fingerprint density at radius 2 is 1.62 bits per heavy atom. The van der Waals surface area contributed by atoms with E-state index in [1.165, 1.54) is 12.8 Å². The minimum atomic E-state index is -0.458. The summed E-state index contributed by atoms with van der Waals surface area (Å²) in [5.41, 5.74) is 0. The maximum atomic E-state index is 11.3. The van der Waals surface area contributed by atoms with Crippen molar-refractivity contribution in [2.75, 3.05) is 6.67 Å². The van der Waals surface area contributed by atoms with E-state index in [1.54, 1.807) is 0 Å². The zero-order valence-electron chi connectivity index (χ0n) is 10.6. The number of nitrogens with one attached hydrogen (secondary N) is 2. The van der Waals surface area contributed by atoms with E-state index in [9.17, 15) is 9.59 Å². The van der Waals surface area contributed by atoms with Crippen molar-refractivity contribution in [2.24, 2.45) is 5.92 Å². The topological polar surface area (TPSA) is 58.2 Å². The van der Waals surface area contributed by atoms with Crippen LogP contribution in [0.1, 0.15) is 52.9 Å². The average Bonchev–Trinajstić information content (AvgIpc) is 2.30. The molecule has 0 aromatic heterocycles. The summed E-state index contributed by atoms with van der Waals surface area (Å²) in [6.45, 7) is 6.42. The normalized spacial score (nSPS) is 15.9. The fraction of sp³-hybridized carbons (Fsp3) is 0.833. The molecule has 1 aliphatic rings. The van der Waals surface area contributed by atoms with Crippen molar-refractivity contribution in [3.63, 3.8) is 0 Å². The summed E-state index contributed by atoms with van der Waals surface area (Å²) in [7, 11) is 0. The van der Waals surface area contributed by atoms with Crippen LogP contribution in [0.15, 0.2) is 0 Å². The van der Waals surface area contributed by atoms with Crippen molar-refractivity contribution >= 4 is 11.8 Å². The molecule has 0 atom stereocenters. The molecule has 0 bridgehead atoms. The first-order chi connectivity index (χ1) is 7.75. The molecule has 2 amide bonds. The zero-order chi connectivity index (χ0) is 12.4. The lowest BCUT2D eigenvalue weighted by atomic mass is 9.98. The van der Waals surface area contributed by atoms with Gasteiger partial charge in [0.25, 0.3) is 0 Å². The third-order valence-corrected chi connectivity index (χ3v) is 2.50. The van der Waals surface area contributed by atoms with E-state index in [-0.39, 0.29) is 18.5 Å². The molecule has 4 nitrogen and oxygen atoms in total. The summed E-state index contributed by atoms with van der Waals surface area (Å²) in [6, 6.07) is 0. The molecule has 0 aromatic rings. The molecule has 1 aliphatic heterocycles. The predicted octanol–water partition coefficient (Wildman–Crippen LogP) is 1.80. The number of unbranched alkanes of at least 4 members (excludes halogenated alkanes) is 3. The molecular weight excluding hydrogens is 204 g/mol. The van der Waals surface area contributed by atoms with Gasteiger partial charge in [0.15, 0.2) is 0 Å². The zero-order valence-corrected chi connectivity index (χ0v) is 10.6. The standard InChI is InChI=1S/C10H18N2O2.C2H6/c1-2-3-4-5-6-8-9(13)11-7-12-10(8)14;1-2/h8H,2-7H2,1H3,(H,11,13)(H,12,14);1-2H3. The number of hydrogen-bond donors (Lipinski definition) is 2. The van der Waals surface area contributed by atoms with Gasteiger partial charge in [-0.05, 0) is 6.42 Å². The molecule has 0 unspecified atom stereocenters. The fourth-order valence-corrected chi connectivity index (χ4v) is 1.62. The molecule has 1 fully saturated rings. The highest BCUT2D eigenvalue weighted by Gasteiger charge is 2.28. The van der Waals surface area contributed by atoms with Crippen molar-refractivity contribution in [1.82, 2.24) is 10.6 Å². The summed E-state index contributed by atoms with van der Waals surface area (Å²) >= 11 is 0. The van der Waals surface area contributed by atoms with Crippen LogP contribution >= 0.6 is 0 Å². The highest BCUT2D eigenvalue weighted by atomic mass is 16.2. The average molecular weight is 228 g/mol. The molecule has 1 saturated heterocycles. The van der Waals surface area contributed by atoms with Crippen LogP contribution in [0.5, 0.6) is 0 Å². The van der Waals surface area contributed by atoms with Gasteiger partial charge in [-0.1, -0.05) is 46.5 Å². The van der Waals surface area contributed by atoms with E-state index in [0.29, 0.717) is 6.42 Å². The molecule has 0 aliphatic carbocycles. The first-order valence-electron chi connectivity index (χ1n) is 6.31. The lowest BCUT2D eigenvalue weighted by Crippen LogP contribution is -2.52. The van der Waals surface area contributed by atoms with E-state index in [1.807, 2.05) is 13.8 Å². The number of carbonyl (C=O) groups excluding carboxylic acids is 2. The fourth-order valence-electron chi connectivity index (χ4n) is 1.62. The van der Waals surface area contributed by atoms with Gasteiger partial charge < -0.3 is 10.6 Å². The Bertz CT molecular complexity index is 201. The molecule has 0 radical (unpaired) electrons. The van der Waals surface area contributed by atoms with Crippen LogP contribution in [0.3, 0.4) is 0 Å². The van der Waals surface area contributed by atoms with E-state index in [4.69, 9.17) is 0 Å². The number of amides is 2. The highest BCUT2D eigenvalue weighted by molar-refractivity contribution is 6.02. The first-order valence-corrected chi connectivity index (χ1v) is 6.31. The quantitative estimate of drug-likeness (QED) is 0.557. The molecule has 16 heavy (non-hydrogen) atoms. The smallest absolute Gasteiger partial charge is 0.233 e. The maximum Gasteiger partial charge on any atom is 0.233 e. The molecule has 1 rings (SSSR count). The third-order valence-electron chi connectivity index (χ3n) is 2.50. The number of carbonyl (C=O) groups is 2. The van der Waals surface area contributed by atoms with Crippen LogP contribution in [0.2, 0.25) is 0 Å². The Balaban J connectivity index is 0.00000106. The van der Waals surface area contributed by atoms with Crippen LogP contribution in [-0.4, -0.2) is 18.5 Å². The molecule has 1 heterocycles. The van der Waals surface area contributed by atoms with Crippen LogP contribution in [0.4, 0.5) is 0 Å². The van der Waals surface area contributed by atoms with E-state index in [0.717, 1.165) is 12.8 Å². The van der Waals surface area contributed by atoms with Gasteiger partial charge in [0.1, 0.15) is 5.92 Å². The molecule has 0 spiro atoms. The summed E-state index contributed by atoms with van der Waals surface area (Å²) in [6.07, 6.45) is 5.09. The van der Waals surface area contributed by atoms with E-state index >= 15 is 0 Å². The monoisotopic (exact) mass is 228 g/mol. The second kappa shape index (κ2) is 9.19. The summed E-state index contributed by atoms with van der Waals surface area (Å²) < 4.78 is 0. The Morgan fingerprint density at radius 1 is 1.06 bits per heavy atom. The van der Waals surface area contributed by atoms with Crippen molar-refractivity contribution in [3.05, 3.63) is 0 Å². The summed E-state index contributed by atoms with van der Waals surface area (Å²) in [4.78, 5) is 22.6. The van der Waals surface area contributed by atoms with E-state index in [2.05, 4.69) is 17.6 Å². The van der Waals surface area contributed by atoms with Gasteiger partial charge in [-0.15, -0.1) is 0 Å². The van der Waals surface area contributed by atoms with Crippen LogP contribution in [0, 0.1) is 5.92 Å². The van der Waals surface area contributed by atoms with Crippen molar-refractivity contribution < 1.29 is 9.59 Å². The maximum absolute atomic E-state index is 11.3. The van der Waals surface area contributed by atoms with Gasteiger partial charge in [0.2, 0.25) is 11.8 Å². The molecule has 0 saturated carbocycles. The molecule has 0 aromatic carbocycles. The number of hydrogen-bond acceptors (Lipinski definition) is 2. The third kappa shape index (κ3) is 5.14. The van der Waals surface area contributed by atoms with Gasteiger partial charge in [0, 0.05) is 0 Å². The minimum Gasteiger partial charge on any atom is -0.338 e. The Kier molecular flexibility index (Phi) is 8.58. The van der Waals surface area contributed by atoms with Gasteiger partial charge in [0.05, 0.1) is 6.67 Å². The second-order valence-electron chi connectivity index (χ2n) is 3.66.